The van der Waals surface area contributed by atoms with E-state index in [9.17, 15) is 5.11 Å². The summed E-state index contributed by atoms with van der Waals surface area (Å²) >= 11 is 3.44. The summed E-state index contributed by atoms with van der Waals surface area (Å²) in [5.74, 6) is 1.52. The second-order valence-electron chi connectivity index (χ2n) is 5.27. The SMILES string of the molecule is Cc1cc(N2C[C@@H](O)[C@H](Oc3cnn(C)c3)C2)ncc1Br. The van der Waals surface area contributed by atoms with Crippen LogP contribution in [0.1, 0.15) is 5.56 Å². The fourth-order valence-electron chi connectivity index (χ4n) is 2.39. The molecule has 1 N–H and O–H groups in total. The van der Waals surface area contributed by atoms with E-state index < -0.39 is 6.10 Å². The van der Waals surface area contributed by atoms with Crippen molar-refractivity contribution in [1.82, 2.24) is 14.8 Å². The Bertz CT molecular complexity index is 646. The van der Waals surface area contributed by atoms with E-state index in [1.807, 2.05) is 24.9 Å². The van der Waals surface area contributed by atoms with Crippen molar-refractivity contribution in [2.45, 2.75) is 19.1 Å². The molecule has 0 bridgehead atoms. The molecule has 3 rings (SSSR count). The molecule has 112 valence electrons. The number of rotatable bonds is 3. The summed E-state index contributed by atoms with van der Waals surface area (Å²) in [6, 6.07) is 2.00. The maximum absolute atomic E-state index is 10.2. The largest absolute Gasteiger partial charge is 0.482 e. The van der Waals surface area contributed by atoms with Gasteiger partial charge in [0.2, 0.25) is 0 Å². The van der Waals surface area contributed by atoms with Crippen LogP contribution >= 0.6 is 15.9 Å². The summed E-state index contributed by atoms with van der Waals surface area (Å²) in [6.45, 7) is 3.13. The predicted octanol–water partition coefficient (Wildman–Crippen LogP) is 1.51. The number of pyridine rings is 1. The normalized spacial score (nSPS) is 21.8. The third-order valence-corrected chi connectivity index (χ3v) is 4.39. The van der Waals surface area contributed by atoms with E-state index in [-0.39, 0.29) is 6.10 Å². The van der Waals surface area contributed by atoms with Crippen molar-refractivity contribution in [2.24, 2.45) is 7.05 Å². The van der Waals surface area contributed by atoms with Gasteiger partial charge in [-0.05, 0) is 34.5 Å². The number of aromatic nitrogens is 3. The third kappa shape index (κ3) is 3.03. The number of aliphatic hydroxyl groups excluding tert-OH is 1. The summed E-state index contributed by atoms with van der Waals surface area (Å²) in [6.07, 6.45) is 4.40. The van der Waals surface area contributed by atoms with E-state index in [0.29, 0.717) is 18.8 Å². The minimum Gasteiger partial charge on any atom is -0.482 e. The second-order valence-corrected chi connectivity index (χ2v) is 6.12. The van der Waals surface area contributed by atoms with Crippen LogP contribution in [0.3, 0.4) is 0 Å². The van der Waals surface area contributed by atoms with Gasteiger partial charge < -0.3 is 14.7 Å². The number of halogens is 1. The summed E-state index contributed by atoms with van der Waals surface area (Å²) in [4.78, 5) is 6.43. The first kappa shape index (κ1) is 14.3. The molecule has 1 fully saturated rings. The highest BCUT2D eigenvalue weighted by atomic mass is 79.9. The number of hydrogen-bond donors (Lipinski definition) is 1. The first-order valence-electron chi connectivity index (χ1n) is 6.73. The fourth-order valence-corrected chi connectivity index (χ4v) is 2.61. The monoisotopic (exact) mass is 352 g/mol. The van der Waals surface area contributed by atoms with Crippen LogP contribution in [0.25, 0.3) is 0 Å². The Morgan fingerprint density at radius 3 is 2.86 bits per heavy atom. The first-order valence-corrected chi connectivity index (χ1v) is 7.52. The van der Waals surface area contributed by atoms with E-state index in [2.05, 4.69) is 26.0 Å². The van der Waals surface area contributed by atoms with Gasteiger partial charge >= 0.3 is 0 Å². The zero-order valence-corrected chi connectivity index (χ0v) is 13.5. The lowest BCUT2D eigenvalue weighted by molar-refractivity contribution is 0.0737. The Morgan fingerprint density at radius 1 is 1.38 bits per heavy atom. The number of ether oxygens (including phenoxy) is 1. The lowest BCUT2D eigenvalue weighted by Crippen LogP contribution is -2.29. The van der Waals surface area contributed by atoms with Gasteiger partial charge in [0.25, 0.3) is 0 Å². The summed E-state index contributed by atoms with van der Waals surface area (Å²) in [7, 11) is 1.83. The molecule has 2 aromatic heterocycles. The molecule has 2 aromatic rings. The van der Waals surface area contributed by atoms with Crippen LogP contribution in [-0.2, 0) is 7.05 Å². The molecule has 3 heterocycles. The van der Waals surface area contributed by atoms with Crippen molar-refractivity contribution in [1.29, 1.82) is 0 Å². The van der Waals surface area contributed by atoms with Gasteiger partial charge in [0.1, 0.15) is 18.0 Å². The predicted molar refractivity (Wildman–Crippen MR) is 82.5 cm³/mol. The Balaban J connectivity index is 1.71. The molecular weight excluding hydrogens is 336 g/mol. The van der Waals surface area contributed by atoms with Crippen molar-refractivity contribution < 1.29 is 9.84 Å². The highest BCUT2D eigenvalue weighted by Gasteiger charge is 2.34. The smallest absolute Gasteiger partial charge is 0.157 e. The van der Waals surface area contributed by atoms with Gasteiger partial charge in [0.05, 0.1) is 18.9 Å². The highest BCUT2D eigenvalue weighted by molar-refractivity contribution is 9.10. The molecule has 0 amide bonds. The highest BCUT2D eigenvalue weighted by Crippen LogP contribution is 2.25. The molecule has 6 nitrogen and oxygen atoms in total. The quantitative estimate of drug-likeness (QED) is 0.907. The molecule has 0 aliphatic carbocycles. The molecule has 1 aliphatic heterocycles. The lowest BCUT2D eigenvalue weighted by Gasteiger charge is -2.17. The maximum Gasteiger partial charge on any atom is 0.157 e. The van der Waals surface area contributed by atoms with E-state index in [1.165, 1.54) is 0 Å². The molecule has 0 spiro atoms. The Hall–Kier alpha value is -1.60. The van der Waals surface area contributed by atoms with Gasteiger partial charge in [-0.2, -0.15) is 5.10 Å². The minimum atomic E-state index is -0.545. The second kappa shape index (κ2) is 5.65. The van der Waals surface area contributed by atoms with Gasteiger partial charge in [-0.25, -0.2) is 4.98 Å². The Morgan fingerprint density at radius 2 is 2.19 bits per heavy atom. The topological polar surface area (TPSA) is 63.4 Å². The summed E-state index contributed by atoms with van der Waals surface area (Å²) in [5.41, 5.74) is 1.12. The van der Waals surface area contributed by atoms with Gasteiger partial charge in [0, 0.05) is 24.3 Å². The van der Waals surface area contributed by atoms with E-state index in [0.717, 1.165) is 15.9 Å². The molecule has 0 radical (unpaired) electrons. The molecule has 0 saturated carbocycles. The van der Waals surface area contributed by atoms with Crippen molar-refractivity contribution in [2.75, 3.05) is 18.0 Å². The molecule has 2 atom stereocenters. The lowest BCUT2D eigenvalue weighted by atomic mass is 10.3. The molecule has 0 aromatic carbocycles. The van der Waals surface area contributed by atoms with Crippen molar-refractivity contribution in [3.8, 4) is 5.75 Å². The van der Waals surface area contributed by atoms with Crippen LogP contribution < -0.4 is 9.64 Å². The number of hydrogen-bond acceptors (Lipinski definition) is 5. The molecule has 1 aliphatic rings. The average molecular weight is 353 g/mol. The summed E-state index contributed by atoms with van der Waals surface area (Å²) in [5, 5.41) is 14.2. The number of β-amino-alcohol motifs (C(OH)–C–C–N with tert-alkyl or cyclic N) is 1. The number of anilines is 1. The van der Waals surface area contributed by atoms with Crippen LogP contribution in [0, 0.1) is 6.92 Å². The number of nitrogens with zero attached hydrogens (tertiary/aromatic N) is 4. The van der Waals surface area contributed by atoms with Crippen LogP contribution in [0.2, 0.25) is 0 Å². The van der Waals surface area contributed by atoms with E-state index in [1.54, 1.807) is 23.3 Å². The van der Waals surface area contributed by atoms with Crippen LogP contribution in [0.4, 0.5) is 5.82 Å². The van der Waals surface area contributed by atoms with Gasteiger partial charge in [-0.1, -0.05) is 0 Å². The zero-order valence-electron chi connectivity index (χ0n) is 11.9. The molecule has 1 saturated heterocycles. The average Bonchev–Trinajstić information content (AvgIpc) is 3.00. The first-order chi connectivity index (χ1) is 10.0. The maximum atomic E-state index is 10.2. The fraction of sp³-hybridized carbons (Fsp3) is 0.429. The van der Waals surface area contributed by atoms with E-state index >= 15 is 0 Å². The zero-order chi connectivity index (χ0) is 15.0. The van der Waals surface area contributed by atoms with Crippen molar-refractivity contribution in [3.63, 3.8) is 0 Å². The van der Waals surface area contributed by atoms with E-state index in [4.69, 9.17) is 4.74 Å². The number of aryl methyl sites for hydroxylation is 2. The summed E-state index contributed by atoms with van der Waals surface area (Å²) < 4.78 is 8.46. The molecule has 21 heavy (non-hydrogen) atoms. The standard InChI is InChI=1S/C14H17BrN4O2/c1-9-3-14(16-5-11(9)15)19-7-12(20)13(8-19)21-10-4-17-18(2)6-10/h3-6,12-13,20H,7-8H2,1-2H3/t12-,13-/m1/s1. The van der Waals surface area contributed by atoms with Gasteiger partial charge in [-0.3, -0.25) is 4.68 Å². The van der Waals surface area contributed by atoms with Crippen LogP contribution in [0.5, 0.6) is 5.75 Å². The Labute approximate surface area is 131 Å². The van der Waals surface area contributed by atoms with Crippen LogP contribution in [0.15, 0.2) is 29.1 Å². The molecule has 0 unspecified atom stereocenters. The third-order valence-electron chi connectivity index (χ3n) is 3.56. The molecule has 7 heteroatoms. The van der Waals surface area contributed by atoms with Gasteiger partial charge in [-0.15, -0.1) is 0 Å². The molecular formula is C14H17BrN4O2. The minimum absolute atomic E-state index is 0.278. The van der Waals surface area contributed by atoms with Crippen LogP contribution in [-0.4, -0.2) is 45.2 Å². The number of aliphatic hydroxyl groups is 1. The van der Waals surface area contributed by atoms with Crippen molar-refractivity contribution in [3.05, 3.63) is 34.7 Å². The Kier molecular flexibility index (Phi) is 3.86. The van der Waals surface area contributed by atoms with Crippen molar-refractivity contribution >= 4 is 21.7 Å². The van der Waals surface area contributed by atoms with Gasteiger partial charge in [0.15, 0.2) is 5.75 Å².